The van der Waals surface area contributed by atoms with Gasteiger partial charge < -0.3 is 10.3 Å². The maximum Gasteiger partial charge on any atom is 0.416 e. The van der Waals surface area contributed by atoms with Gasteiger partial charge in [0.1, 0.15) is 0 Å². The molecule has 0 fully saturated rings. The Morgan fingerprint density at radius 2 is 1.93 bits per heavy atom. The molecule has 30 heavy (non-hydrogen) atoms. The summed E-state index contributed by atoms with van der Waals surface area (Å²) >= 11 is 0. The van der Waals surface area contributed by atoms with Gasteiger partial charge in [0.15, 0.2) is 0 Å². The fraction of sp³-hybridized carbons (Fsp3) is 0.130. The average molecular weight is 409 g/mol. The summed E-state index contributed by atoms with van der Waals surface area (Å²) in [5, 5.41) is 3.82. The minimum absolute atomic E-state index is 0.143. The largest absolute Gasteiger partial charge is 0.416 e. The number of H-pyrrole nitrogens is 1. The summed E-state index contributed by atoms with van der Waals surface area (Å²) in [4.78, 5) is 19.5. The van der Waals surface area contributed by atoms with Gasteiger partial charge in [-0.15, -0.1) is 0 Å². The van der Waals surface area contributed by atoms with Gasteiger partial charge in [-0.05, 0) is 60.0 Å². The van der Waals surface area contributed by atoms with Crippen LogP contribution in [0.4, 0.5) is 18.9 Å². The SMILES string of the molecule is O=C(CCc1ccc(C(F)(F)F)cc1-c1cccnc1)Nc1ccc2[nH]ccc2c1. The number of carbonyl (C=O) groups is 1. The standard InChI is InChI=1S/C23H18F3N3O/c24-23(25,26)18-5-3-15(20(13-18)17-2-1-10-27-14-17)4-8-22(30)29-19-6-7-21-16(12-19)9-11-28-21/h1-3,5-7,9-14,28H,4,8H2,(H,29,30). The van der Waals surface area contributed by atoms with Crippen molar-refractivity contribution in [1.82, 2.24) is 9.97 Å². The Bertz CT molecular complexity index is 1180. The molecule has 2 aromatic heterocycles. The average Bonchev–Trinajstić information content (AvgIpc) is 3.20. The zero-order valence-electron chi connectivity index (χ0n) is 15.8. The normalized spacial score (nSPS) is 11.6. The van der Waals surface area contributed by atoms with Crippen LogP contribution >= 0.6 is 0 Å². The van der Waals surface area contributed by atoms with E-state index in [1.807, 2.05) is 24.4 Å². The second-order valence-electron chi connectivity index (χ2n) is 6.94. The molecule has 0 atom stereocenters. The van der Waals surface area contributed by atoms with E-state index in [1.165, 1.54) is 12.3 Å². The first-order valence-electron chi connectivity index (χ1n) is 9.38. The number of carbonyl (C=O) groups excluding carboxylic acids is 1. The van der Waals surface area contributed by atoms with Gasteiger partial charge in [-0.2, -0.15) is 13.2 Å². The number of anilines is 1. The molecular weight excluding hydrogens is 391 g/mol. The van der Waals surface area contributed by atoms with Crippen LogP contribution in [0.25, 0.3) is 22.0 Å². The first-order valence-corrected chi connectivity index (χ1v) is 9.38. The van der Waals surface area contributed by atoms with E-state index in [-0.39, 0.29) is 12.3 Å². The molecule has 7 heteroatoms. The lowest BCUT2D eigenvalue weighted by molar-refractivity contribution is -0.137. The van der Waals surface area contributed by atoms with Crippen molar-refractivity contribution in [2.45, 2.75) is 19.0 Å². The second kappa shape index (κ2) is 8.02. The second-order valence-corrected chi connectivity index (χ2v) is 6.94. The minimum Gasteiger partial charge on any atom is -0.361 e. The number of benzene rings is 2. The fourth-order valence-corrected chi connectivity index (χ4v) is 3.36. The van der Waals surface area contributed by atoms with Gasteiger partial charge in [-0.25, -0.2) is 0 Å². The van der Waals surface area contributed by atoms with Crippen LogP contribution < -0.4 is 5.32 Å². The van der Waals surface area contributed by atoms with E-state index in [4.69, 9.17) is 0 Å². The van der Waals surface area contributed by atoms with Crippen molar-refractivity contribution in [3.63, 3.8) is 0 Å². The quantitative estimate of drug-likeness (QED) is 0.436. The molecule has 2 N–H and O–H groups in total. The molecule has 2 aromatic carbocycles. The number of nitrogens with one attached hydrogen (secondary N) is 2. The van der Waals surface area contributed by atoms with Gasteiger partial charge >= 0.3 is 6.18 Å². The summed E-state index contributed by atoms with van der Waals surface area (Å²) < 4.78 is 39.5. The molecule has 2 heterocycles. The van der Waals surface area contributed by atoms with Crippen LogP contribution in [0.15, 0.2) is 73.2 Å². The van der Waals surface area contributed by atoms with Crippen molar-refractivity contribution in [2.75, 3.05) is 5.32 Å². The summed E-state index contributed by atoms with van der Waals surface area (Å²) in [7, 11) is 0. The lowest BCUT2D eigenvalue weighted by Crippen LogP contribution is -2.13. The van der Waals surface area contributed by atoms with Crippen molar-refractivity contribution in [3.05, 3.63) is 84.3 Å². The van der Waals surface area contributed by atoms with Crippen LogP contribution in [0.3, 0.4) is 0 Å². The van der Waals surface area contributed by atoms with Gasteiger partial charge in [0.25, 0.3) is 0 Å². The molecular formula is C23H18F3N3O. The van der Waals surface area contributed by atoms with Crippen LogP contribution in [-0.2, 0) is 17.4 Å². The maximum atomic E-state index is 13.2. The topological polar surface area (TPSA) is 57.8 Å². The van der Waals surface area contributed by atoms with Crippen LogP contribution in [0.5, 0.6) is 0 Å². The Morgan fingerprint density at radius 3 is 2.70 bits per heavy atom. The monoisotopic (exact) mass is 409 g/mol. The van der Waals surface area contributed by atoms with Gasteiger partial charge in [-0.3, -0.25) is 9.78 Å². The third-order valence-corrected chi connectivity index (χ3v) is 4.87. The van der Waals surface area contributed by atoms with E-state index in [2.05, 4.69) is 15.3 Å². The van der Waals surface area contributed by atoms with Gasteiger partial charge in [-0.1, -0.05) is 12.1 Å². The third kappa shape index (κ3) is 4.35. The molecule has 0 saturated heterocycles. The van der Waals surface area contributed by atoms with E-state index >= 15 is 0 Å². The number of pyridine rings is 1. The molecule has 0 saturated carbocycles. The number of alkyl halides is 3. The van der Waals surface area contributed by atoms with Gasteiger partial charge in [0.2, 0.25) is 5.91 Å². The number of aromatic nitrogens is 2. The van der Waals surface area contributed by atoms with Crippen LogP contribution in [-0.4, -0.2) is 15.9 Å². The lowest BCUT2D eigenvalue weighted by atomic mass is 9.95. The minimum atomic E-state index is -4.44. The number of nitrogens with zero attached hydrogens (tertiary/aromatic N) is 1. The number of hydrogen-bond acceptors (Lipinski definition) is 2. The number of rotatable bonds is 5. The van der Waals surface area contributed by atoms with E-state index in [1.54, 1.807) is 24.4 Å². The number of aromatic amines is 1. The zero-order chi connectivity index (χ0) is 21.1. The molecule has 0 aliphatic heterocycles. The number of hydrogen-bond donors (Lipinski definition) is 2. The highest BCUT2D eigenvalue weighted by Gasteiger charge is 2.31. The molecule has 1 amide bonds. The lowest BCUT2D eigenvalue weighted by Gasteiger charge is -2.14. The number of fused-ring (bicyclic) bond motifs is 1. The molecule has 0 bridgehead atoms. The Hall–Kier alpha value is -3.61. The third-order valence-electron chi connectivity index (χ3n) is 4.87. The predicted octanol–water partition coefficient (Wildman–Crippen LogP) is 5.82. The molecule has 0 unspecified atom stereocenters. The highest BCUT2D eigenvalue weighted by molar-refractivity contribution is 5.94. The number of halogens is 3. The molecule has 152 valence electrons. The van der Waals surface area contributed by atoms with Gasteiger partial charge in [0, 0.05) is 47.2 Å². The first kappa shape index (κ1) is 19.7. The van der Waals surface area contributed by atoms with E-state index in [9.17, 15) is 18.0 Å². The van der Waals surface area contributed by atoms with E-state index in [0.717, 1.165) is 23.0 Å². The summed E-state index contributed by atoms with van der Waals surface area (Å²) in [6, 6.07) is 14.4. The van der Waals surface area contributed by atoms with Crippen molar-refractivity contribution in [1.29, 1.82) is 0 Å². The van der Waals surface area contributed by atoms with E-state index < -0.39 is 11.7 Å². The van der Waals surface area contributed by atoms with Crippen molar-refractivity contribution in [2.24, 2.45) is 0 Å². The van der Waals surface area contributed by atoms with Crippen molar-refractivity contribution < 1.29 is 18.0 Å². The Morgan fingerprint density at radius 1 is 1.07 bits per heavy atom. The summed E-state index contributed by atoms with van der Waals surface area (Å²) in [5.41, 5.74) is 2.59. The first-order chi connectivity index (χ1) is 14.4. The molecule has 0 radical (unpaired) electrons. The highest BCUT2D eigenvalue weighted by atomic mass is 19.4. The predicted molar refractivity (Wildman–Crippen MR) is 110 cm³/mol. The van der Waals surface area contributed by atoms with Gasteiger partial charge in [0.05, 0.1) is 5.56 Å². The Balaban J connectivity index is 1.52. The highest BCUT2D eigenvalue weighted by Crippen LogP contribution is 2.34. The molecule has 0 spiro atoms. The Kier molecular flexibility index (Phi) is 5.27. The van der Waals surface area contributed by atoms with Crippen LogP contribution in [0.2, 0.25) is 0 Å². The van der Waals surface area contributed by atoms with Crippen molar-refractivity contribution in [3.8, 4) is 11.1 Å². The number of amides is 1. The summed E-state index contributed by atoms with van der Waals surface area (Å²) in [6.07, 6.45) is 0.908. The molecule has 4 nitrogen and oxygen atoms in total. The molecule has 0 aliphatic rings. The Labute approximate surface area is 170 Å². The summed E-state index contributed by atoms with van der Waals surface area (Å²) in [5.74, 6) is -0.207. The zero-order valence-corrected chi connectivity index (χ0v) is 15.8. The maximum absolute atomic E-state index is 13.2. The molecule has 4 rings (SSSR count). The fourth-order valence-electron chi connectivity index (χ4n) is 3.36. The number of aryl methyl sites for hydroxylation is 1. The molecule has 4 aromatic rings. The van der Waals surface area contributed by atoms with Crippen LogP contribution in [0.1, 0.15) is 17.5 Å². The van der Waals surface area contributed by atoms with Crippen molar-refractivity contribution >= 4 is 22.5 Å². The van der Waals surface area contributed by atoms with Crippen LogP contribution in [0, 0.1) is 0 Å². The molecule has 0 aliphatic carbocycles. The smallest absolute Gasteiger partial charge is 0.361 e. The summed E-state index contributed by atoms with van der Waals surface area (Å²) in [6.45, 7) is 0. The van der Waals surface area contributed by atoms with E-state index in [0.29, 0.717) is 28.8 Å².